The van der Waals surface area contributed by atoms with Crippen LogP contribution in [0.5, 0.6) is 0 Å². The number of benzene rings is 5. The third-order valence-electron chi connectivity index (χ3n) is 5.14. The average Bonchev–Trinajstić information content (AvgIpc) is 2.71. The van der Waals surface area contributed by atoms with E-state index in [0.717, 1.165) is 15.6 Å². The molecule has 0 aliphatic heterocycles. The average molecular weight is 408 g/mol. The van der Waals surface area contributed by atoms with Crippen LogP contribution in [-0.4, -0.2) is 0 Å². The van der Waals surface area contributed by atoms with Crippen molar-refractivity contribution >= 4 is 59.9 Å². The van der Waals surface area contributed by atoms with Gasteiger partial charge < -0.3 is 0 Å². The Morgan fingerprint density at radius 2 is 1.37 bits per heavy atom. The van der Waals surface area contributed by atoms with Gasteiger partial charge in [-0.25, -0.2) is 0 Å². The van der Waals surface area contributed by atoms with Crippen LogP contribution in [0.2, 0.25) is 0 Å². The molecule has 0 unspecified atom stereocenters. The van der Waals surface area contributed by atoms with Crippen LogP contribution in [0.15, 0.2) is 83.3 Å². The van der Waals surface area contributed by atoms with Gasteiger partial charge in [-0.1, -0.05) is 82.7 Å². The van der Waals surface area contributed by atoms with Gasteiger partial charge in [0.05, 0.1) is 11.6 Å². The van der Waals surface area contributed by atoms with Crippen molar-refractivity contribution in [3.63, 3.8) is 0 Å². The lowest BCUT2D eigenvalue weighted by Gasteiger charge is -2.12. The summed E-state index contributed by atoms with van der Waals surface area (Å²) in [5, 5.41) is 17.2. The summed E-state index contributed by atoms with van der Waals surface area (Å²) in [5.74, 6) is 0. The van der Waals surface area contributed by atoms with Gasteiger partial charge >= 0.3 is 0 Å². The predicted octanol–water partition coefficient (Wildman–Crippen LogP) is 7.41. The molecule has 0 aromatic heterocycles. The monoisotopic (exact) mass is 407 g/mol. The fraction of sp³-hybridized carbons (Fsp3) is 0. The largest absolute Gasteiger partial charge is 0.192 e. The van der Waals surface area contributed by atoms with Gasteiger partial charge in [0.1, 0.15) is 0 Å². The second-order valence-corrected chi connectivity index (χ2v) is 7.60. The van der Waals surface area contributed by atoms with E-state index in [1.807, 2.05) is 30.3 Å². The van der Waals surface area contributed by atoms with E-state index < -0.39 is 0 Å². The first-order valence-corrected chi connectivity index (χ1v) is 9.58. The maximum Gasteiger partial charge on any atom is 0.0998 e. The molecule has 0 saturated heterocycles. The van der Waals surface area contributed by atoms with E-state index in [4.69, 9.17) is 0 Å². The number of hydrogen-bond acceptors (Lipinski definition) is 1. The molecule has 5 aromatic rings. The molecule has 1 nitrogen and oxygen atoms in total. The molecule has 0 heterocycles. The highest BCUT2D eigenvalue weighted by Gasteiger charge is 2.10. The van der Waals surface area contributed by atoms with Gasteiger partial charge in [-0.3, -0.25) is 0 Å². The van der Waals surface area contributed by atoms with Crippen molar-refractivity contribution in [2.45, 2.75) is 0 Å². The molecule has 5 rings (SSSR count). The minimum Gasteiger partial charge on any atom is -0.192 e. The third-order valence-corrected chi connectivity index (χ3v) is 5.67. The van der Waals surface area contributed by atoms with E-state index in [-0.39, 0.29) is 0 Å². The van der Waals surface area contributed by atoms with Gasteiger partial charge in [-0.2, -0.15) is 5.26 Å². The first-order valence-electron chi connectivity index (χ1n) is 8.79. The van der Waals surface area contributed by atoms with E-state index in [2.05, 4.69) is 76.6 Å². The highest BCUT2D eigenvalue weighted by atomic mass is 79.9. The van der Waals surface area contributed by atoms with Crippen molar-refractivity contribution < 1.29 is 0 Å². The van der Waals surface area contributed by atoms with Gasteiger partial charge in [0, 0.05) is 4.47 Å². The van der Waals surface area contributed by atoms with Crippen molar-refractivity contribution in [1.29, 1.82) is 5.26 Å². The van der Waals surface area contributed by atoms with E-state index in [1.54, 1.807) is 0 Å². The predicted molar refractivity (Wildman–Crippen MR) is 118 cm³/mol. The number of nitriles is 1. The summed E-state index contributed by atoms with van der Waals surface area (Å²) in [7, 11) is 0. The fourth-order valence-electron chi connectivity index (χ4n) is 3.85. The van der Waals surface area contributed by atoms with Crippen molar-refractivity contribution in [1.82, 2.24) is 0 Å². The van der Waals surface area contributed by atoms with Crippen LogP contribution in [-0.2, 0) is 0 Å². The molecule has 27 heavy (non-hydrogen) atoms. The maximum atomic E-state index is 9.72. The molecule has 2 heteroatoms. The van der Waals surface area contributed by atoms with Crippen LogP contribution >= 0.6 is 15.9 Å². The molecule has 0 radical (unpaired) electrons. The fourth-order valence-corrected chi connectivity index (χ4v) is 4.11. The summed E-state index contributed by atoms with van der Waals surface area (Å²) >= 11 is 3.45. The summed E-state index contributed by atoms with van der Waals surface area (Å²) < 4.78 is 1.01. The topological polar surface area (TPSA) is 23.8 Å². The molecule has 5 aromatic carbocycles. The minimum absolute atomic E-state index is 0.664. The van der Waals surface area contributed by atoms with Crippen molar-refractivity contribution in [3.05, 3.63) is 94.5 Å². The summed E-state index contributed by atoms with van der Waals surface area (Å²) in [4.78, 5) is 0. The minimum atomic E-state index is 0.664. The van der Waals surface area contributed by atoms with Crippen LogP contribution in [0, 0.1) is 11.3 Å². The molecule has 0 N–H and O–H groups in total. The Bertz CT molecular complexity index is 1360. The van der Waals surface area contributed by atoms with Gasteiger partial charge in [-0.15, -0.1) is 0 Å². The molecule has 0 bridgehead atoms. The third kappa shape index (κ3) is 2.60. The van der Waals surface area contributed by atoms with Crippen LogP contribution in [0.25, 0.3) is 44.0 Å². The highest BCUT2D eigenvalue weighted by Crippen LogP contribution is 2.36. The van der Waals surface area contributed by atoms with Gasteiger partial charge in [0.25, 0.3) is 0 Å². The first kappa shape index (κ1) is 16.1. The number of halogens is 1. The van der Waals surface area contributed by atoms with E-state index in [9.17, 15) is 5.26 Å². The van der Waals surface area contributed by atoms with Crippen LogP contribution < -0.4 is 0 Å². The molecule has 0 fully saturated rings. The normalized spacial score (nSPS) is 12.1. The number of rotatable bonds is 2. The lowest BCUT2D eigenvalue weighted by molar-refractivity contribution is 1.52. The smallest absolute Gasteiger partial charge is 0.0998 e. The second kappa shape index (κ2) is 6.23. The zero-order valence-corrected chi connectivity index (χ0v) is 16.0. The molecule has 126 valence electrons. The van der Waals surface area contributed by atoms with E-state index in [0.29, 0.717) is 5.57 Å². The lowest BCUT2D eigenvalue weighted by Crippen LogP contribution is -1.87. The maximum absolute atomic E-state index is 9.72. The number of nitrogens with zero attached hydrogens (tertiary/aromatic N) is 1. The quantitative estimate of drug-likeness (QED) is 0.169. The van der Waals surface area contributed by atoms with Crippen LogP contribution in [0.3, 0.4) is 0 Å². The van der Waals surface area contributed by atoms with Gasteiger partial charge in [-0.05, 0) is 61.7 Å². The zero-order chi connectivity index (χ0) is 18.4. The molecule has 0 aliphatic carbocycles. The summed E-state index contributed by atoms with van der Waals surface area (Å²) in [6, 6.07) is 29.6. The van der Waals surface area contributed by atoms with Crippen LogP contribution in [0.1, 0.15) is 11.1 Å². The first-order chi connectivity index (χ1) is 13.2. The number of allylic oxidation sites excluding steroid dienone is 1. The molecule has 0 spiro atoms. The second-order valence-electron chi connectivity index (χ2n) is 6.69. The Kier molecular flexibility index (Phi) is 3.70. The Labute approximate surface area is 165 Å². The summed E-state index contributed by atoms with van der Waals surface area (Å²) in [6.07, 6.45) is 2.00. The summed E-state index contributed by atoms with van der Waals surface area (Å²) in [6.45, 7) is 0. The van der Waals surface area contributed by atoms with E-state index in [1.165, 1.54) is 32.3 Å². The summed E-state index contributed by atoms with van der Waals surface area (Å²) in [5.41, 5.74) is 2.66. The SMILES string of the molecule is N#CC(=Cc1ccc2ccc3cccc4ccc1c2c34)c1ccc(Br)cc1. The Balaban J connectivity index is 1.80. The Morgan fingerprint density at radius 3 is 2.07 bits per heavy atom. The Morgan fingerprint density at radius 1 is 0.741 bits per heavy atom. The Hall–Kier alpha value is -3.15. The molecule has 0 aliphatic rings. The number of hydrogen-bond donors (Lipinski definition) is 0. The van der Waals surface area contributed by atoms with Crippen LogP contribution in [0.4, 0.5) is 0 Å². The standard InChI is InChI=1S/C25H14BrN/c26-22-11-8-16(9-12-22)21(15-27)14-20-7-6-19-5-4-17-2-1-3-18-10-13-23(20)25(19)24(17)18/h1-14H. The van der Waals surface area contributed by atoms with E-state index >= 15 is 0 Å². The van der Waals surface area contributed by atoms with Crippen molar-refractivity contribution in [3.8, 4) is 6.07 Å². The molecule has 0 amide bonds. The van der Waals surface area contributed by atoms with Gasteiger partial charge in [0.15, 0.2) is 0 Å². The van der Waals surface area contributed by atoms with Gasteiger partial charge in [0.2, 0.25) is 0 Å². The molecular formula is C25H14BrN. The lowest BCUT2D eigenvalue weighted by atomic mass is 9.91. The highest BCUT2D eigenvalue weighted by molar-refractivity contribution is 9.10. The molecular weight excluding hydrogens is 394 g/mol. The molecule has 0 atom stereocenters. The van der Waals surface area contributed by atoms with Crippen molar-refractivity contribution in [2.75, 3.05) is 0 Å². The zero-order valence-electron chi connectivity index (χ0n) is 14.4. The van der Waals surface area contributed by atoms with Crippen molar-refractivity contribution in [2.24, 2.45) is 0 Å². The molecule has 0 saturated carbocycles.